The Kier molecular flexibility index (Phi) is 10.2. The van der Waals surface area contributed by atoms with Crippen LogP contribution in [0.4, 0.5) is 11.4 Å². The van der Waals surface area contributed by atoms with Gasteiger partial charge in [0.05, 0.1) is 18.0 Å². The van der Waals surface area contributed by atoms with Crippen molar-refractivity contribution in [3.8, 4) is 5.75 Å². The van der Waals surface area contributed by atoms with E-state index in [0.29, 0.717) is 29.1 Å². The van der Waals surface area contributed by atoms with Crippen LogP contribution in [-0.2, 0) is 0 Å². The van der Waals surface area contributed by atoms with E-state index in [9.17, 15) is 4.79 Å². The first-order valence-electron chi connectivity index (χ1n) is 11.2. The summed E-state index contributed by atoms with van der Waals surface area (Å²) in [6, 6.07) is 12.3. The first-order chi connectivity index (χ1) is 14.5. The number of benzene rings is 2. The predicted octanol–water partition coefficient (Wildman–Crippen LogP) is 5.14. The normalized spacial score (nSPS) is 11.0. The van der Waals surface area contributed by atoms with Crippen LogP contribution in [0.2, 0.25) is 0 Å². The van der Waals surface area contributed by atoms with E-state index in [4.69, 9.17) is 16.2 Å². The van der Waals surface area contributed by atoms with E-state index < -0.39 is 0 Å². The Labute approximate surface area is 181 Å². The van der Waals surface area contributed by atoms with Crippen LogP contribution >= 0.6 is 0 Å². The summed E-state index contributed by atoms with van der Waals surface area (Å²) in [6.45, 7) is 8.73. The summed E-state index contributed by atoms with van der Waals surface area (Å²) in [4.78, 5) is 15.2. The molecule has 0 saturated carbocycles. The lowest BCUT2D eigenvalue weighted by atomic mass is 10.0. The van der Waals surface area contributed by atoms with E-state index in [-0.39, 0.29) is 5.78 Å². The minimum Gasteiger partial charge on any atom is -0.494 e. The standard InChI is InChI=1S/C25H37N3O2/c1-3-5-15-28(16-6-4-2)17-7-8-18-30-22-12-9-20(10-13-22)25(29)21-11-14-23(26)24(27)19-21/h9-14,19H,3-8,15-18,26-27H2,1-2H3. The highest BCUT2D eigenvalue weighted by molar-refractivity contribution is 6.09. The van der Waals surface area contributed by atoms with Gasteiger partial charge in [0.25, 0.3) is 0 Å². The smallest absolute Gasteiger partial charge is 0.193 e. The van der Waals surface area contributed by atoms with E-state index in [2.05, 4.69) is 18.7 Å². The van der Waals surface area contributed by atoms with Crippen molar-refractivity contribution < 1.29 is 9.53 Å². The third-order valence-electron chi connectivity index (χ3n) is 5.26. The molecule has 4 N–H and O–H groups in total. The Balaban J connectivity index is 1.76. The van der Waals surface area contributed by atoms with Gasteiger partial charge < -0.3 is 21.1 Å². The molecular weight excluding hydrogens is 374 g/mol. The highest BCUT2D eigenvalue weighted by Gasteiger charge is 2.10. The van der Waals surface area contributed by atoms with Gasteiger partial charge in [0.15, 0.2) is 5.78 Å². The van der Waals surface area contributed by atoms with E-state index in [1.54, 1.807) is 30.3 Å². The van der Waals surface area contributed by atoms with Crippen LogP contribution < -0.4 is 16.2 Å². The average Bonchev–Trinajstić information content (AvgIpc) is 2.76. The third kappa shape index (κ3) is 7.71. The monoisotopic (exact) mass is 411 g/mol. The molecule has 0 heterocycles. The van der Waals surface area contributed by atoms with Crippen molar-refractivity contribution in [2.75, 3.05) is 37.7 Å². The summed E-state index contributed by atoms with van der Waals surface area (Å²) in [5, 5.41) is 0. The largest absolute Gasteiger partial charge is 0.494 e. The fourth-order valence-corrected chi connectivity index (χ4v) is 3.31. The fourth-order valence-electron chi connectivity index (χ4n) is 3.31. The van der Waals surface area contributed by atoms with Gasteiger partial charge in [-0.1, -0.05) is 26.7 Å². The van der Waals surface area contributed by atoms with Gasteiger partial charge in [0.1, 0.15) is 5.75 Å². The second-order valence-electron chi connectivity index (χ2n) is 7.80. The maximum absolute atomic E-state index is 12.6. The van der Waals surface area contributed by atoms with E-state index in [0.717, 1.165) is 25.1 Å². The summed E-state index contributed by atoms with van der Waals surface area (Å²) in [5.74, 6) is 0.713. The van der Waals surface area contributed by atoms with Crippen molar-refractivity contribution in [2.45, 2.75) is 52.4 Å². The summed E-state index contributed by atoms with van der Waals surface area (Å²) in [5.41, 5.74) is 13.6. The Morgan fingerprint density at radius 3 is 2.00 bits per heavy atom. The molecule has 0 atom stereocenters. The molecule has 0 unspecified atom stereocenters. The lowest BCUT2D eigenvalue weighted by Crippen LogP contribution is -2.27. The van der Waals surface area contributed by atoms with Crippen LogP contribution in [0.15, 0.2) is 42.5 Å². The molecule has 164 valence electrons. The fraction of sp³-hybridized carbons (Fsp3) is 0.480. The van der Waals surface area contributed by atoms with Gasteiger partial charge in [-0.25, -0.2) is 0 Å². The van der Waals surface area contributed by atoms with E-state index in [1.807, 2.05) is 12.1 Å². The number of hydrogen-bond acceptors (Lipinski definition) is 5. The molecule has 0 bridgehead atoms. The molecule has 0 fully saturated rings. The quantitative estimate of drug-likeness (QED) is 0.255. The lowest BCUT2D eigenvalue weighted by molar-refractivity contribution is 0.103. The zero-order valence-corrected chi connectivity index (χ0v) is 18.5. The van der Waals surface area contributed by atoms with Gasteiger partial charge in [0, 0.05) is 11.1 Å². The Morgan fingerprint density at radius 2 is 1.40 bits per heavy atom. The maximum atomic E-state index is 12.6. The van der Waals surface area contributed by atoms with Crippen molar-refractivity contribution in [3.05, 3.63) is 53.6 Å². The molecule has 2 aromatic carbocycles. The number of unbranched alkanes of at least 4 members (excludes halogenated alkanes) is 3. The number of carbonyl (C=O) groups is 1. The number of ketones is 1. The second-order valence-corrected chi connectivity index (χ2v) is 7.80. The number of rotatable bonds is 14. The number of hydrogen-bond donors (Lipinski definition) is 2. The van der Waals surface area contributed by atoms with Gasteiger partial charge in [0.2, 0.25) is 0 Å². The maximum Gasteiger partial charge on any atom is 0.193 e. The minimum absolute atomic E-state index is 0.0764. The van der Waals surface area contributed by atoms with Crippen LogP contribution in [0.25, 0.3) is 0 Å². The van der Waals surface area contributed by atoms with Gasteiger partial charge in [-0.05, 0) is 87.8 Å². The lowest BCUT2D eigenvalue weighted by Gasteiger charge is -2.21. The van der Waals surface area contributed by atoms with Crippen LogP contribution in [0.1, 0.15) is 68.3 Å². The minimum atomic E-state index is -0.0764. The summed E-state index contributed by atoms with van der Waals surface area (Å²) < 4.78 is 5.86. The van der Waals surface area contributed by atoms with Gasteiger partial charge in [-0.2, -0.15) is 0 Å². The van der Waals surface area contributed by atoms with E-state index in [1.165, 1.54) is 38.8 Å². The van der Waals surface area contributed by atoms with Crippen LogP contribution in [0, 0.1) is 0 Å². The number of nitrogen functional groups attached to an aromatic ring is 2. The summed E-state index contributed by atoms with van der Waals surface area (Å²) >= 11 is 0. The highest BCUT2D eigenvalue weighted by atomic mass is 16.5. The number of carbonyl (C=O) groups excluding carboxylic acids is 1. The van der Waals surface area contributed by atoms with Crippen LogP contribution in [-0.4, -0.2) is 36.9 Å². The second kappa shape index (κ2) is 12.9. The molecule has 0 saturated heterocycles. The van der Waals surface area contributed by atoms with Crippen LogP contribution in [0.5, 0.6) is 5.75 Å². The van der Waals surface area contributed by atoms with Crippen LogP contribution in [0.3, 0.4) is 0 Å². The van der Waals surface area contributed by atoms with Crippen molar-refractivity contribution in [2.24, 2.45) is 0 Å². The summed E-state index contributed by atoms with van der Waals surface area (Å²) in [6.07, 6.45) is 7.21. The average molecular weight is 412 g/mol. The molecule has 0 spiro atoms. The molecule has 0 aliphatic carbocycles. The summed E-state index contributed by atoms with van der Waals surface area (Å²) in [7, 11) is 0. The first kappa shape index (κ1) is 23.7. The van der Waals surface area contributed by atoms with Crippen molar-refractivity contribution in [1.82, 2.24) is 4.90 Å². The molecule has 0 aliphatic rings. The number of anilines is 2. The number of nitrogens with two attached hydrogens (primary N) is 2. The zero-order chi connectivity index (χ0) is 21.8. The van der Waals surface area contributed by atoms with Crippen molar-refractivity contribution in [1.29, 1.82) is 0 Å². The van der Waals surface area contributed by atoms with Gasteiger partial charge >= 0.3 is 0 Å². The van der Waals surface area contributed by atoms with E-state index >= 15 is 0 Å². The molecule has 5 nitrogen and oxygen atoms in total. The molecule has 0 aliphatic heterocycles. The molecule has 0 radical (unpaired) electrons. The molecule has 30 heavy (non-hydrogen) atoms. The Morgan fingerprint density at radius 1 is 0.800 bits per heavy atom. The third-order valence-corrected chi connectivity index (χ3v) is 5.26. The molecular formula is C25H37N3O2. The highest BCUT2D eigenvalue weighted by Crippen LogP contribution is 2.20. The predicted molar refractivity (Wildman–Crippen MR) is 126 cm³/mol. The van der Waals surface area contributed by atoms with Gasteiger partial charge in [-0.3, -0.25) is 4.79 Å². The molecule has 0 aromatic heterocycles. The topological polar surface area (TPSA) is 81.6 Å². The molecule has 5 heteroatoms. The van der Waals surface area contributed by atoms with Crippen molar-refractivity contribution in [3.63, 3.8) is 0 Å². The molecule has 0 amide bonds. The Bertz CT molecular complexity index is 766. The molecule has 2 rings (SSSR count). The van der Waals surface area contributed by atoms with Crippen molar-refractivity contribution >= 4 is 17.2 Å². The SMILES string of the molecule is CCCCN(CCCC)CCCCOc1ccc(C(=O)c2ccc(N)c(N)c2)cc1. The Hall–Kier alpha value is -2.53. The number of ether oxygens (including phenoxy) is 1. The zero-order valence-electron chi connectivity index (χ0n) is 18.5. The number of nitrogens with zero attached hydrogens (tertiary/aromatic N) is 1. The molecule has 2 aromatic rings. The van der Waals surface area contributed by atoms with Gasteiger partial charge in [-0.15, -0.1) is 0 Å². The first-order valence-corrected chi connectivity index (χ1v) is 11.2.